The number of aliphatic hydroxyl groups is 1. The van der Waals surface area contributed by atoms with E-state index in [0.717, 1.165) is 16.0 Å². The van der Waals surface area contributed by atoms with Crippen LogP contribution in [0.5, 0.6) is 0 Å². The summed E-state index contributed by atoms with van der Waals surface area (Å²) >= 11 is 1.43. The maximum absolute atomic E-state index is 12.3. The van der Waals surface area contributed by atoms with Gasteiger partial charge in [0.15, 0.2) is 0 Å². The minimum Gasteiger partial charge on any atom is -0.444 e. The van der Waals surface area contributed by atoms with Crippen LogP contribution in [0.1, 0.15) is 34.9 Å². The Labute approximate surface area is 180 Å². The molecule has 6 nitrogen and oxygen atoms in total. The highest BCUT2D eigenvalue weighted by Crippen LogP contribution is 2.21. The first-order valence-electron chi connectivity index (χ1n) is 9.93. The third-order valence-corrected chi connectivity index (χ3v) is 5.50. The van der Waals surface area contributed by atoms with Crippen molar-refractivity contribution in [3.05, 3.63) is 88.4 Å². The number of hydrogen-bond acceptors (Lipinski definition) is 6. The summed E-state index contributed by atoms with van der Waals surface area (Å²) in [7, 11) is 0. The van der Waals surface area contributed by atoms with Gasteiger partial charge in [-0.1, -0.05) is 60.7 Å². The highest BCUT2D eigenvalue weighted by molar-refractivity contribution is 7.09. The van der Waals surface area contributed by atoms with Crippen LogP contribution in [0.4, 0.5) is 4.79 Å². The van der Waals surface area contributed by atoms with Crippen LogP contribution in [0.15, 0.2) is 72.4 Å². The summed E-state index contributed by atoms with van der Waals surface area (Å²) in [6.07, 6.45) is 1.97. The Bertz CT molecular complexity index is 875. The average Bonchev–Trinajstić information content (AvgIpc) is 3.27. The van der Waals surface area contributed by atoms with Gasteiger partial charge in [0, 0.05) is 12.2 Å². The first-order chi connectivity index (χ1) is 14.6. The van der Waals surface area contributed by atoms with Gasteiger partial charge < -0.3 is 20.9 Å². The molecule has 1 amide bonds. The van der Waals surface area contributed by atoms with E-state index in [9.17, 15) is 9.90 Å². The van der Waals surface area contributed by atoms with Crippen molar-refractivity contribution in [2.24, 2.45) is 5.73 Å². The number of aliphatic hydroxyl groups excluding tert-OH is 1. The lowest BCUT2D eigenvalue weighted by molar-refractivity contribution is 0.116. The molecule has 1 heterocycles. The van der Waals surface area contributed by atoms with Gasteiger partial charge in [0.25, 0.3) is 0 Å². The molecule has 0 saturated heterocycles. The van der Waals surface area contributed by atoms with E-state index >= 15 is 0 Å². The summed E-state index contributed by atoms with van der Waals surface area (Å²) in [5.41, 5.74) is 9.99. The van der Waals surface area contributed by atoms with Gasteiger partial charge >= 0.3 is 6.09 Å². The van der Waals surface area contributed by atoms with E-state index in [2.05, 4.69) is 10.3 Å². The maximum atomic E-state index is 12.3. The summed E-state index contributed by atoms with van der Waals surface area (Å²) in [5.74, 6) is 0. The molecule has 7 heteroatoms. The van der Waals surface area contributed by atoms with E-state index in [0.29, 0.717) is 19.3 Å². The lowest BCUT2D eigenvalue weighted by atomic mass is 9.95. The zero-order valence-electron chi connectivity index (χ0n) is 16.7. The lowest BCUT2D eigenvalue weighted by Gasteiger charge is -2.23. The van der Waals surface area contributed by atoms with Crippen LogP contribution in [0, 0.1) is 0 Å². The molecule has 3 rings (SSSR count). The van der Waals surface area contributed by atoms with Gasteiger partial charge in [0.2, 0.25) is 0 Å². The van der Waals surface area contributed by atoms with E-state index in [-0.39, 0.29) is 18.7 Å². The van der Waals surface area contributed by atoms with E-state index in [1.165, 1.54) is 11.3 Å². The van der Waals surface area contributed by atoms with Crippen molar-refractivity contribution in [1.82, 2.24) is 10.3 Å². The molecule has 0 fully saturated rings. The molecule has 0 aliphatic rings. The zero-order chi connectivity index (χ0) is 21.2. The number of aromatic nitrogens is 1. The summed E-state index contributed by atoms with van der Waals surface area (Å²) in [4.78, 5) is 17.1. The van der Waals surface area contributed by atoms with Crippen LogP contribution >= 0.6 is 11.3 Å². The lowest BCUT2D eigenvalue weighted by Crippen LogP contribution is -2.34. The molecule has 0 aliphatic carbocycles. The number of benzene rings is 2. The molecule has 0 bridgehead atoms. The fourth-order valence-corrected chi connectivity index (χ4v) is 3.82. The Balaban J connectivity index is 1.55. The molecule has 30 heavy (non-hydrogen) atoms. The Morgan fingerprint density at radius 2 is 1.80 bits per heavy atom. The summed E-state index contributed by atoms with van der Waals surface area (Å²) in [5, 5.41) is 13.5. The molecule has 0 saturated carbocycles. The number of carbonyl (C=O) groups is 1. The molecule has 3 aromatic rings. The van der Waals surface area contributed by atoms with Gasteiger partial charge in [-0.05, 0) is 30.4 Å². The predicted molar refractivity (Wildman–Crippen MR) is 118 cm³/mol. The largest absolute Gasteiger partial charge is 0.444 e. The minimum absolute atomic E-state index is 0.169. The monoisotopic (exact) mass is 425 g/mol. The van der Waals surface area contributed by atoms with Crippen LogP contribution in [0.3, 0.4) is 0 Å². The number of nitrogens with zero attached hydrogens (tertiary/aromatic N) is 1. The molecule has 3 atom stereocenters. The summed E-state index contributed by atoms with van der Waals surface area (Å²) < 4.78 is 5.29. The van der Waals surface area contributed by atoms with Crippen molar-refractivity contribution >= 4 is 17.4 Å². The second-order valence-electron chi connectivity index (χ2n) is 7.23. The molecule has 0 radical (unpaired) electrons. The molecule has 2 aromatic carbocycles. The fraction of sp³-hybridized carbons (Fsp3) is 0.304. The van der Waals surface area contributed by atoms with Crippen molar-refractivity contribution in [2.75, 3.05) is 0 Å². The Kier molecular flexibility index (Phi) is 8.38. The molecule has 0 aliphatic heterocycles. The van der Waals surface area contributed by atoms with Crippen molar-refractivity contribution in [2.45, 2.75) is 44.1 Å². The highest BCUT2D eigenvalue weighted by atomic mass is 32.1. The quantitative estimate of drug-likeness (QED) is 0.459. The fourth-order valence-electron chi connectivity index (χ4n) is 3.32. The summed E-state index contributed by atoms with van der Waals surface area (Å²) in [6, 6.07) is 19.0. The van der Waals surface area contributed by atoms with E-state index in [4.69, 9.17) is 10.5 Å². The molecule has 0 spiro atoms. The zero-order valence-corrected chi connectivity index (χ0v) is 17.5. The third-order valence-electron chi connectivity index (χ3n) is 4.75. The minimum atomic E-state index is -0.657. The number of hydrogen-bond donors (Lipinski definition) is 3. The number of amides is 1. The smallest absolute Gasteiger partial charge is 0.407 e. The number of ether oxygens (including phenoxy) is 1. The molecular weight excluding hydrogens is 398 g/mol. The average molecular weight is 426 g/mol. The van der Waals surface area contributed by atoms with E-state index in [1.807, 2.05) is 60.7 Å². The first-order valence-corrected chi connectivity index (χ1v) is 10.8. The van der Waals surface area contributed by atoms with Gasteiger partial charge in [-0.2, -0.15) is 0 Å². The Morgan fingerprint density at radius 3 is 2.47 bits per heavy atom. The van der Waals surface area contributed by atoms with Crippen molar-refractivity contribution in [3.8, 4) is 0 Å². The Hall–Kier alpha value is -2.74. The number of nitrogens with one attached hydrogen (secondary N) is 1. The molecule has 1 aromatic heterocycles. The number of rotatable bonds is 10. The van der Waals surface area contributed by atoms with Crippen molar-refractivity contribution in [1.29, 1.82) is 0 Å². The standard InChI is InChI=1S/C23H27N3O3S/c24-19(11-17-7-3-1-4-8-17)12-20(27)13-22(18-9-5-2-6-10-18)26-23(28)29-15-21-14-25-16-30-21/h1-10,14,16,19-20,22,27H,11-13,15,24H2,(H,26,28). The number of thiazole rings is 1. The predicted octanol–water partition coefficient (Wildman–Crippen LogP) is 3.82. The highest BCUT2D eigenvalue weighted by Gasteiger charge is 2.21. The van der Waals surface area contributed by atoms with Crippen LogP contribution in [0.2, 0.25) is 0 Å². The molecule has 158 valence electrons. The summed E-state index contributed by atoms with van der Waals surface area (Å²) in [6.45, 7) is 0.169. The maximum Gasteiger partial charge on any atom is 0.407 e. The van der Waals surface area contributed by atoms with Crippen molar-refractivity contribution in [3.63, 3.8) is 0 Å². The third kappa shape index (κ3) is 7.26. The van der Waals surface area contributed by atoms with Crippen LogP contribution < -0.4 is 11.1 Å². The number of nitrogens with two attached hydrogens (primary N) is 1. The molecule has 3 unspecified atom stereocenters. The van der Waals surface area contributed by atoms with Crippen molar-refractivity contribution < 1.29 is 14.6 Å². The van der Waals surface area contributed by atoms with E-state index in [1.54, 1.807) is 11.7 Å². The Morgan fingerprint density at radius 1 is 1.10 bits per heavy atom. The van der Waals surface area contributed by atoms with Gasteiger partial charge in [0.05, 0.1) is 22.5 Å². The van der Waals surface area contributed by atoms with Gasteiger partial charge in [-0.3, -0.25) is 4.98 Å². The van der Waals surface area contributed by atoms with E-state index < -0.39 is 12.2 Å². The normalized spacial score (nSPS) is 13.9. The SMILES string of the molecule is NC(Cc1ccccc1)CC(O)CC(NC(=O)OCc1cncs1)c1ccccc1. The second kappa shape index (κ2) is 11.4. The first kappa shape index (κ1) is 22.0. The van der Waals surface area contributed by atoms with Crippen LogP contribution in [-0.4, -0.2) is 28.3 Å². The van der Waals surface area contributed by atoms with Crippen LogP contribution in [-0.2, 0) is 17.8 Å². The van der Waals surface area contributed by atoms with Crippen LogP contribution in [0.25, 0.3) is 0 Å². The number of alkyl carbamates (subject to hydrolysis) is 1. The number of carbonyl (C=O) groups excluding carboxylic acids is 1. The topological polar surface area (TPSA) is 97.5 Å². The molecule has 4 N–H and O–H groups in total. The van der Waals surface area contributed by atoms with Gasteiger partial charge in [-0.25, -0.2) is 4.79 Å². The molecular formula is C23H27N3O3S. The van der Waals surface area contributed by atoms with Gasteiger partial charge in [-0.15, -0.1) is 11.3 Å². The second-order valence-corrected chi connectivity index (χ2v) is 8.20. The van der Waals surface area contributed by atoms with Gasteiger partial charge in [0.1, 0.15) is 6.61 Å².